The van der Waals surface area contributed by atoms with Gasteiger partial charge in [0.1, 0.15) is 13.2 Å². The van der Waals surface area contributed by atoms with Crippen molar-refractivity contribution in [1.29, 1.82) is 0 Å². The molecule has 0 saturated carbocycles. The zero-order valence-corrected chi connectivity index (χ0v) is 50.8. The summed E-state index contributed by atoms with van der Waals surface area (Å²) in [6.07, 6.45) is 95.6. The van der Waals surface area contributed by atoms with Gasteiger partial charge < -0.3 is 14.2 Å². The molecule has 0 aliphatic rings. The summed E-state index contributed by atoms with van der Waals surface area (Å²) in [4.78, 5) is 38.3. The summed E-state index contributed by atoms with van der Waals surface area (Å²) in [7, 11) is 0. The lowest BCUT2D eigenvalue weighted by atomic mass is 10.1. The molecule has 0 radical (unpaired) electrons. The number of rotatable bonds is 56. The maximum Gasteiger partial charge on any atom is 0.309 e. The highest BCUT2D eigenvalue weighted by Crippen LogP contribution is 2.15. The first-order valence-corrected chi connectivity index (χ1v) is 32.0. The first-order chi connectivity index (χ1) is 39.0. The smallest absolute Gasteiger partial charge is 0.309 e. The summed E-state index contributed by atoms with van der Waals surface area (Å²) in [6.45, 7) is 6.30. The molecule has 0 spiro atoms. The van der Waals surface area contributed by atoms with Crippen molar-refractivity contribution in [3.8, 4) is 0 Å². The number of carbonyl (C=O) groups excluding carboxylic acids is 3. The van der Waals surface area contributed by atoms with E-state index in [4.69, 9.17) is 14.2 Å². The molecule has 79 heavy (non-hydrogen) atoms. The summed E-state index contributed by atoms with van der Waals surface area (Å²) >= 11 is 0. The van der Waals surface area contributed by atoms with E-state index in [1.165, 1.54) is 103 Å². The molecule has 0 aromatic rings. The van der Waals surface area contributed by atoms with E-state index in [1.54, 1.807) is 6.08 Å². The molecular weight excluding hydrogens is 973 g/mol. The van der Waals surface area contributed by atoms with Crippen molar-refractivity contribution in [2.45, 2.75) is 271 Å². The molecule has 0 rings (SSSR count). The molecule has 6 nitrogen and oxygen atoms in total. The predicted molar refractivity (Wildman–Crippen MR) is 343 cm³/mol. The third-order valence-corrected chi connectivity index (χ3v) is 13.0. The van der Waals surface area contributed by atoms with E-state index >= 15 is 0 Å². The van der Waals surface area contributed by atoms with E-state index in [0.717, 1.165) is 122 Å². The van der Waals surface area contributed by atoms with Crippen molar-refractivity contribution in [1.82, 2.24) is 0 Å². The van der Waals surface area contributed by atoms with Gasteiger partial charge in [-0.15, -0.1) is 0 Å². The largest absolute Gasteiger partial charge is 0.462 e. The first-order valence-electron chi connectivity index (χ1n) is 32.0. The fraction of sp³-hybridized carbons (Fsp3) is 0.603. The molecule has 0 fully saturated rings. The molecule has 1 unspecified atom stereocenters. The van der Waals surface area contributed by atoms with Crippen molar-refractivity contribution < 1.29 is 28.6 Å². The lowest BCUT2D eigenvalue weighted by molar-refractivity contribution is -0.166. The van der Waals surface area contributed by atoms with Gasteiger partial charge in [-0.3, -0.25) is 14.4 Å². The van der Waals surface area contributed by atoms with E-state index in [9.17, 15) is 14.4 Å². The van der Waals surface area contributed by atoms with Crippen LogP contribution in [0, 0.1) is 0 Å². The van der Waals surface area contributed by atoms with Gasteiger partial charge in [-0.05, 0) is 128 Å². The van der Waals surface area contributed by atoms with Gasteiger partial charge in [-0.25, -0.2) is 0 Å². The lowest BCUT2D eigenvalue weighted by Crippen LogP contribution is -2.30. The predicted octanol–water partition coefficient (Wildman–Crippen LogP) is 22.1. The van der Waals surface area contributed by atoms with E-state index in [2.05, 4.69) is 167 Å². The molecule has 0 bridgehead atoms. The summed E-state index contributed by atoms with van der Waals surface area (Å²) in [5.41, 5.74) is 0. The normalized spacial score (nSPS) is 13.2. The molecule has 0 aliphatic heterocycles. The highest BCUT2D eigenvalue weighted by Gasteiger charge is 2.19. The Bertz CT molecular complexity index is 1780. The van der Waals surface area contributed by atoms with E-state index < -0.39 is 12.1 Å². The van der Waals surface area contributed by atoms with E-state index in [-0.39, 0.29) is 31.6 Å². The highest BCUT2D eigenvalue weighted by molar-refractivity contribution is 5.72. The van der Waals surface area contributed by atoms with E-state index in [1.807, 2.05) is 6.08 Å². The molecule has 0 N–H and O–H groups in total. The van der Waals surface area contributed by atoms with Crippen molar-refractivity contribution in [3.63, 3.8) is 0 Å². The summed E-state index contributed by atoms with van der Waals surface area (Å²) in [6, 6.07) is 0. The number of esters is 3. The molecule has 1 atom stereocenters. The van der Waals surface area contributed by atoms with Crippen LogP contribution in [0.5, 0.6) is 0 Å². The zero-order chi connectivity index (χ0) is 57.1. The molecule has 444 valence electrons. The fourth-order valence-corrected chi connectivity index (χ4v) is 8.31. The third kappa shape index (κ3) is 63.7. The second-order valence-corrected chi connectivity index (χ2v) is 20.6. The van der Waals surface area contributed by atoms with Crippen LogP contribution in [0.15, 0.2) is 158 Å². The maximum absolute atomic E-state index is 12.9. The first kappa shape index (κ1) is 74.0. The topological polar surface area (TPSA) is 78.9 Å². The minimum atomic E-state index is -0.842. The van der Waals surface area contributed by atoms with Gasteiger partial charge in [0.25, 0.3) is 0 Å². The minimum absolute atomic E-state index is 0.114. The molecule has 0 aromatic heterocycles. The van der Waals surface area contributed by atoms with E-state index in [0.29, 0.717) is 12.8 Å². The molecule has 0 aliphatic carbocycles. The van der Waals surface area contributed by atoms with Gasteiger partial charge in [0, 0.05) is 12.8 Å². The van der Waals surface area contributed by atoms with Crippen LogP contribution in [0.1, 0.15) is 265 Å². The zero-order valence-electron chi connectivity index (χ0n) is 50.8. The van der Waals surface area contributed by atoms with Crippen LogP contribution in [-0.4, -0.2) is 37.2 Å². The SMILES string of the molecule is CC/C=C\C/C=C\C/C=C\C/C=C\C/C=C\C/C=C\C/C=C\CCCCCC(=O)OCC(COC(=O)C/C=C\C/C=C\C/C=C\C/C=C\C/C=C\CC)OC(=O)CCCCCCCCCCC/C=C\CCCCCCCCCC. The van der Waals surface area contributed by atoms with Crippen LogP contribution in [0.25, 0.3) is 0 Å². The van der Waals surface area contributed by atoms with Crippen LogP contribution in [0.3, 0.4) is 0 Å². The Morgan fingerprint density at radius 3 is 0.911 bits per heavy atom. The summed E-state index contributed by atoms with van der Waals surface area (Å²) in [5.74, 6) is -1.10. The van der Waals surface area contributed by atoms with Gasteiger partial charge in [0.2, 0.25) is 0 Å². The molecule has 6 heteroatoms. The minimum Gasteiger partial charge on any atom is -0.462 e. The third-order valence-electron chi connectivity index (χ3n) is 13.0. The monoisotopic (exact) mass is 1090 g/mol. The standard InChI is InChI=1S/C73H116O6/c1-4-7-10-13-16-19-22-25-28-30-32-34-35-36-37-39-40-42-45-48-51-54-57-60-63-66-72(75)78-69-70(68-77-71(74)65-62-59-56-53-50-47-44-27-24-21-18-15-12-9-6-3)79-73(76)67-64-61-58-55-52-49-46-43-41-38-33-31-29-26-23-20-17-14-11-8-5-2/h7,9-10,12,16,18-19,21,25,27-28,31-34,36-37,40,42,44,48,50-51,53,59,62,70H,4-6,8,11,13-15,17,20,22-24,26,29-30,35,38-39,41,43,45-47,49,52,54-58,60-61,63-69H2,1-3H3/b10-7-,12-9-,19-16-,21-18-,28-25-,33-31-,34-32-,37-36-,42-40-,44-27-,51-48-,53-50-,62-59-. The van der Waals surface area contributed by atoms with Crippen molar-refractivity contribution in [2.75, 3.05) is 13.2 Å². The van der Waals surface area contributed by atoms with Crippen molar-refractivity contribution >= 4 is 17.9 Å². The molecule has 0 aromatic carbocycles. The van der Waals surface area contributed by atoms with Crippen LogP contribution in [0.4, 0.5) is 0 Å². The van der Waals surface area contributed by atoms with Crippen LogP contribution < -0.4 is 0 Å². The Morgan fingerprint density at radius 2 is 0.544 bits per heavy atom. The second kappa shape index (κ2) is 65.5. The molecule has 0 heterocycles. The van der Waals surface area contributed by atoms with Crippen molar-refractivity contribution in [3.05, 3.63) is 158 Å². The maximum atomic E-state index is 12.9. The fourth-order valence-electron chi connectivity index (χ4n) is 8.31. The number of ether oxygens (including phenoxy) is 3. The van der Waals surface area contributed by atoms with Crippen LogP contribution in [0.2, 0.25) is 0 Å². The van der Waals surface area contributed by atoms with Crippen LogP contribution >= 0.6 is 0 Å². The number of carbonyl (C=O) groups is 3. The van der Waals surface area contributed by atoms with Gasteiger partial charge >= 0.3 is 17.9 Å². The number of hydrogen-bond donors (Lipinski definition) is 0. The Kier molecular flexibility index (Phi) is 61.4. The highest BCUT2D eigenvalue weighted by atomic mass is 16.6. The number of allylic oxidation sites excluding steroid dienone is 25. The quantitative estimate of drug-likeness (QED) is 0.0261. The average Bonchev–Trinajstić information content (AvgIpc) is 3.45. The average molecular weight is 1090 g/mol. The molecule has 0 amide bonds. The van der Waals surface area contributed by atoms with Gasteiger partial charge in [-0.1, -0.05) is 275 Å². The van der Waals surface area contributed by atoms with Crippen LogP contribution in [-0.2, 0) is 28.6 Å². The van der Waals surface area contributed by atoms with Gasteiger partial charge in [0.05, 0.1) is 6.42 Å². The second-order valence-electron chi connectivity index (χ2n) is 20.6. The summed E-state index contributed by atoms with van der Waals surface area (Å²) < 4.78 is 16.8. The molecular formula is C73H116O6. The Labute approximate surface area is 486 Å². The molecule has 0 saturated heterocycles. The lowest BCUT2D eigenvalue weighted by Gasteiger charge is -2.18. The van der Waals surface area contributed by atoms with Gasteiger partial charge in [0.15, 0.2) is 6.10 Å². The number of hydrogen-bond acceptors (Lipinski definition) is 6. The summed E-state index contributed by atoms with van der Waals surface area (Å²) in [5, 5.41) is 0. The Balaban J connectivity index is 4.53. The number of unbranched alkanes of at least 4 members (excludes halogenated alkanes) is 20. The Hall–Kier alpha value is -4.97. The van der Waals surface area contributed by atoms with Gasteiger partial charge in [-0.2, -0.15) is 0 Å². The Morgan fingerprint density at radius 1 is 0.278 bits per heavy atom. The van der Waals surface area contributed by atoms with Crippen molar-refractivity contribution in [2.24, 2.45) is 0 Å².